The summed E-state index contributed by atoms with van der Waals surface area (Å²) in [6.45, 7) is 2.13. The van der Waals surface area contributed by atoms with Crippen LogP contribution in [-0.2, 0) is 11.2 Å². The Hall–Kier alpha value is -2.76. The lowest BCUT2D eigenvalue weighted by molar-refractivity contribution is -0.115. The first-order valence-corrected chi connectivity index (χ1v) is 11.5. The molecule has 1 amide bonds. The third kappa shape index (κ3) is 6.12. The molecular weight excluding hydrogens is 419 g/mol. The highest BCUT2D eigenvalue weighted by atomic mass is 32.2. The number of carbonyl (C=O) groups is 1. The van der Waals surface area contributed by atoms with Gasteiger partial charge in [-0.25, -0.2) is 14.4 Å². The molecule has 0 spiro atoms. The first kappa shape index (κ1) is 21.9. The van der Waals surface area contributed by atoms with Crippen LogP contribution in [0.5, 0.6) is 0 Å². The van der Waals surface area contributed by atoms with Crippen LogP contribution < -0.4 is 5.32 Å². The molecule has 3 aromatic rings. The van der Waals surface area contributed by atoms with Gasteiger partial charge in [-0.1, -0.05) is 13.3 Å². The summed E-state index contributed by atoms with van der Waals surface area (Å²) in [6.07, 6.45) is 3.31. The predicted molar refractivity (Wildman–Crippen MR) is 119 cm³/mol. The monoisotopic (exact) mass is 440 g/mol. The summed E-state index contributed by atoms with van der Waals surface area (Å²) >= 11 is 2.74. The molecule has 8 heteroatoms. The van der Waals surface area contributed by atoms with Gasteiger partial charge in [0, 0.05) is 28.8 Å². The number of amides is 1. The number of benzene rings is 1. The highest BCUT2D eigenvalue weighted by Gasteiger charge is 2.11. The van der Waals surface area contributed by atoms with E-state index in [0.717, 1.165) is 30.5 Å². The number of halogens is 1. The molecule has 5 nitrogen and oxygen atoms in total. The zero-order chi connectivity index (χ0) is 21.3. The third-order valence-electron chi connectivity index (χ3n) is 4.28. The number of aromatic nitrogens is 2. The number of pyridine rings is 1. The zero-order valence-corrected chi connectivity index (χ0v) is 18.2. The molecule has 0 saturated heterocycles. The second-order valence-electron chi connectivity index (χ2n) is 6.56. The quantitative estimate of drug-likeness (QED) is 0.433. The van der Waals surface area contributed by atoms with Crippen molar-refractivity contribution in [1.82, 2.24) is 9.97 Å². The number of nitrogens with one attached hydrogen (secondary N) is 1. The van der Waals surface area contributed by atoms with Crippen LogP contribution >= 0.6 is 23.1 Å². The van der Waals surface area contributed by atoms with E-state index in [4.69, 9.17) is 0 Å². The fourth-order valence-electron chi connectivity index (χ4n) is 2.68. The van der Waals surface area contributed by atoms with Gasteiger partial charge in [0.25, 0.3) is 0 Å². The van der Waals surface area contributed by atoms with Gasteiger partial charge in [0.15, 0.2) is 5.13 Å². The van der Waals surface area contributed by atoms with Crippen molar-refractivity contribution in [2.45, 2.75) is 37.6 Å². The van der Waals surface area contributed by atoms with Crippen LogP contribution in [0.2, 0.25) is 0 Å². The van der Waals surface area contributed by atoms with E-state index >= 15 is 0 Å². The van der Waals surface area contributed by atoms with E-state index in [1.165, 1.54) is 35.2 Å². The molecule has 0 saturated carbocycles. The number of anilines is 1. The van der Waals surface area contributed by atoms with Gasteiger partial charge in [0.05, 0.1) is 11.3 Å². The molecule has 1 N–H and O–H groups in total. The first-order valence-electron chi connectivity index (χ1n) is 9.63. The van der Waals surface area contributed by atoms with E-state index in [1.54, 1.807) is 18.2 Å². The largest absolute Gasteiger partial charge is 0.302 e. The molecule has 0 aliphatic rings. The van der Waals surface area contributed by atoms with Crippen molar-refractivity contribution < 1.29 is 9.18 Å². The molecule has 0 radical (unpaired) electrons. The van der Waals surface area contributed by atoms with Crippen LogP contribution in [0, 0.1) is 17.1 Å². The average Bonchev–Trinajstić information content (AvgIpc) is 3.21. The molecule has 0 aliphatic heterocycles. The summed E-state index contributed by atoms with van der Waals surface area (Å²) in [6, 6.07) is 11.9. The summed E-state index contributed by atoms with van der Waals surface area (Å²) in [7, 11) is 0. The van der Waals surface area contributed by atoms with Gasteiger partial charge in [-0.05, 0) is 49.2 Å². The molecule has 2 heterocycles. The van der Waals surface area contributed by atoms with Crippen molar-refractivity contribution >= 4 is 34.1 Å². The van der Waals surface area contributed by atoms with Crippen LogP contribution in [0.25, 0.3) is 11.3 Å². The molecule has 3 rings (SSSR count). The van der Waals surface area contributed by atoms with Crippen LogP contribution in [-0.4, -0.2) is 21.6 Å². The molecule has 0 bridgehead atoms. The van der Waals surface area contributed by atoms with Gasteiger partial charge in [-0.3, -0.25) is 4.79 Å². The Labute approximate surface area is 183 Å². The summed E-state index contributed by atoms with van der Waals surface area (Å²) in [5.41, 5.74) is 2.99. The van der Waals surface area contributed by atoms with Crippen molar-refractivity contribution in [2.24, 2.45) is 0 Å². The lowest BCUT2D eigenvalue weighted by atomic mass is 10.2. The second kappa shape index (κ2) is 10.9. The Balaban J connectivity index is 1.53. The molecule has 0 aliphatic carbocycles. The first-order chi connectivity index (χ1) is 14.6. The lowest BCUT2D eigenvalue weighted by Gasteiger charge is -2.06. The summed E-state index contributed by atoms with van der Waals surface area (Å²) < 4.78 is 13.0. The van der Waals surface area contributed by atoms with Crippen molar-refractivity contribution in [3.05, 3.63) is 58.9 Å². The summed E-state index contributed by atoms with van der Waals surface area (Å²) in [5.74, 6) is 0.0640. The summed E-state index contributed by atoms with van der Waals surface area (Å²) in [5, 5.41) is 15.1. The molecule has 0 fully saturated rings. The highest BCUT2D eigenvalue weighted by Crippen LogP contribution is 2.26. The van der Waals surface area contributed by atoms with Gasteiger partial charge in [0.1, 0.15) is 16.9 Å². The predicted octanol–water partition coefficient (Wildman–Crippen LogP) is 5.68. The van der Waals surface area contributed by atoms with E-state index in [2.05, 4.69) is 28.3 Å². The molecule has 2 aromatic heterocycles. The van der Waals surface area contributed by atoms with Crippen molar-refractivity contribution in [3.8, 4) is 17.3 Å². The number of hydrogen-bond acceptors (Lipinski definition) is 6. The minimum absolute atomic E-state index is 0.150. The van der Waals surface area contributed by atoms with Crippen LogP contribution in [0.3, 0.4) is 0 Å². The minimum Gasteiger partial charge on any atom is -0.302 e. The molecule has 30 heavy (non-hydrogen) atoms. The van der Waals surface area contributed by atoms with E-state index in [1.807, 2.05) is 11.4 Å². The zero-order valence-electron chi connectivity index (χ0n) is 16.5. The maximum Gasteiger partial charge on any atom is 0.226 e. The Morgan fingerprint density at radius 3 is 2.77 bits per heavy atom. The van der Waals surface area contributed by atoms with Gasteiger partial charge in [-0.2, -0.15) is 5.26 Å². The van der Waals surface area contributed by atoms with Gasteiger partial charge >= 0.3 is 0 Å². The topological polar surface area (TPSA) is 78.7 Å². The Morgan fingerprint density at radius 2 is 2.03 bits per heavy atom. The number of thiazole rings is 1. The van der Waals surface area contributed by atoms with Crippen LogP contribution in [0.15, 0.2) is 46.8 Å². The average molecular weight is 441 g/mol. The maximum atomic E-state index is 13.0. The standard InChI is InChI=1S/C22H21FN4OS2/c1-2-3-4-18-10-7-16(13-24)21(25-18)29-12-11-20(28)27-22-26-19(14-30-22)15-5-8-17(23)9-6-15/h5-10,14H,2-4,11-12H2,1H3,(H,26,27,28). The number of thioether (sulfide) groups is 1. The van der Waals surface area contributed by atoms with Gasteiger partial charge in [0.2, 0.25) is 5.91 Å². The van der Waals surface area contributed by atoms with E-state index in [-0.39, 0.29) is 18.1 Å². The van der Waals surface area contributed by atoms with Crippen molar-refractivity contribution in [2.75, 3.05) is 11.1 Å². The van der Waals surface area contributed by atoms with Crippen molar-refractivity contribution in [3.63, 3.8) is 0 Å². The Bertz CT molecular complexity index is 1040. The van der Waals surface area contributed by atoms with Crippen LogP contribution in [0.1, 0.15) is 37.4 Å². The maximum absolute atomic E-state index is 13.0. The van der Waals surface area contributed by atoms with E-state index in [0.29, 0.717) is 27.2 Å². The number of hydrogen-bond donors (Lipinski definition) is 1. The third-order valence-corrected chi connectivity index (χ3v) is 6.03. The normalized spacial score (nSPS) is 10.6. The number of unbranched alkanes of at least 4 members (excludes halogenated alkanes) is 1. The van der Waals surface area contributed by atoms with Crippen LogP contribution in [0.4, 0.5) is 9.52 Å². The van der Waals surface area contributed by atoms with Crippen molar-refractivity contribution in [1.29, 1.82) is 5.26 Å². The minimum atomic E-state index is -0.301. The smallest absolute Gasteiger partial charge is 0.226 e. The number of carbonyl (C=O) groups excluding carboxylic acids is 1. The SMILES string of the molecule is CCCCc1ccc(C#N)c(SCCC(=O)Nc2nc(-c3ccc(F)cc3)cs2)n1. The van der Waals surface area contributed by atoms with E-state index in [9.17, 15) is 14.4 Å². The number of rotatable bonds is 9. The van der Waals surface area contributed by atoms with Gasteiger partial charge in [-0.15, -0.1) is 23.1 Å². The Morgan fingerprint density at radius 1 is 1.23 bits per heavy atom. The summed E-state index contributed by atoms with van der Waals surface area (Å²) in [4.78, 5) is 21.2. The molecular formula is C22H21FN4OS2. The fourth-order valence-corrected chi connectivity index (χ4v) is 4.35. The molecule has 1 aromatic carbocycles. The second-order valence-corrected chi connectivity index (χ2v) is 8.50. The lowest BCUT2D eigenvalue weighted by Crippen LogP contribution is -2.12. The Kier molecular flexibility index (Phi) is 7.94. The highest BCUT2D eigenvalue weighted by molar-refractivity contribution is 7.99. The fraction of sp³-hybridized carbons (Fsp3) is 0.273. The van der Waals surface area contributed by atoms with Gasteiger partial charge < -0.3 is 5.32 Å². The number of nitrogens with zero attached hydrogens (tertiary/aromatic N) is 3. The molecule has 154 valence electrons. The number of nitriles is 1. The molecule has 0 unspecified atom stereocenters. The number of aryl methyl sites for hydroxylation is 1. The molecule has 0 atom stereocenters. The van der Waals surface area contributed by atoms with E-state index < -0.39 is 0 Å².